The van der Waals surface area contributed by atoms with Crippen molar-refractivity contribution >= 4 is 6.29 Å². The number of benzene rings is 1. The number of aldehydes is 1. The van der Waals surface area contributed by atoms with Gasteiger partial charge in [0.05, 0.1) is 0 Å². The summed E-state index contributed by atoms with van der Waals surface area (Å²) in [6.45, 7) is 3.76. The third-order valence-electron chi connectivity index (χ3n) is 2.52. The number of hydrogen-bond acceptors (Lipinski definition) is 3. The molecule has 80 valence electrons. The normalized spacial score (nSPS) is 10.1. The Balaban J connectivity index is 2.48. The molecule has 0 aliphatic carbocycles. The Morgan fingerprint density at radius 3 is 2.38 bits per heavy atom. The van der Waals surface area contributed by atoms with Crippen molar-refractivity contribution in [2.45, 2.75) is 13.8 Å². The molecule has 0 aliphatic rings. The van der Waals surface area contributed by atoms with E-state index in [1.807, 2.05) is 32.0 Å². The van der Waals surface area contributed by atoms with Crippen LogP contribution in [0.3, 0.4) is 0 Å². The lowest BCUT2D eigenvalue weighted by molar-refractivity contribution is 0.112. The van der Waals surface area contributed by atoms with E-state index in [9.17, 15) is 4.79 Å². The molecular weight excluding hydrogens is 200 g/mol. The van der Waals surface area contributed by atoms with Gasteiger partial charge in [0.2, 0.25) is 0 Å². The summed E-state index contributed by atoms with van der Waals surface area (Å²) in [5.41, 5.74) is 3.58. The highest BCUT2D eigenvalue weighted by Gasteiger charge is 2.02. The van der Waals surface area contributed by atoms with E-state index in [2.05, 4.69) is 9.97 Å². The van der Waals surface area contributed by atoms with E-state index in [1.165, 1.54) is 0 Å². The smallest absolute Gasteiger partial charge is 0.150 e. The predicted molar refractivity (Wildman–Crippen MR) is 62.3 cm³/mol. The van der Waals surface area contributed by atoms with E-state index in [0.717, 1.165) is 28.8 Å². The van der Waals surface area contributed by atoms with E-state index in [1.54, 1.807) is 12.4 Å². The molecule has 2 aromatic rings. The molecule has 0 saturated carbocycles. The van der Waals surface area contributed by atoms with Crippen LogP contribution in [0.25, 0.3) is 11.1 Å². The fourth-order valence-electron chi connectivity index (χ4n) is 1.49. The van der Waals surface area contributed by atoms with Crippen LogP contribution in [0.1, 0.15) is 21.7 Å². The number of nitrogens with zero attached hydrogens (tertiary/aromatic N) is 2. The molecule has 2 rings (SSSR count). The zero-order chi connectivity index (χ0) is 11.5. The predicted octanol–water partition coefficient (Wildman–Crippen LogP) is 2.57. The standard InChI is InChI=1S/C13H12N2O/c1-9-3-4-11(5-12(9)8-16)13-6-14-10(2)15-7-13/h3-8H,1-2H3. The Bertz CT molecular complexity index is 518. The van der Waals surface area contributed by atoms with Crippen molar-refractivity contribution in [3.8, 4) is 11.1 Å². The Morgan fingerprint density at radius 1 is 1.06 bits per heavy atom. The van der Waals surface area contributed by atoms with Crippen LogP contribution >= 0.6 is 0 Å². The first-order chi connectivity index (χ1) is 7.70. The molecule has 0 atom stereocenters. The quantitative estimate of drug-likeness (QED) is 0.718. The largest absolute Gasteiger partial charge is 0.298 e. The zero-order valence-corrected chi connectivity index (χ0v) is 9.27. The van der Waals surface area contributed by atoms with Crippen molar-refractivity contribution in [2.75, 3.05) is 0 Å². The molecule has 0 bridgehead atoms. The molecule has 1 heterocycles. The Labute approximate surface area is 94.2 Å². The monoisotopic (exact) mass is 212 g/mol. The first-order valence-electron chi connectivity index (χ1n) is 5.05. The second-order valence-electron chi connectivity index (χ2n) is 3.71. The minimum Gasteiger partial charge on any atom is -0.298 e. The highest BCUT2D eigenvalue weighted by atomic mass is 16.1. The second-order valence-corrected chi connectivity index (χ2v) is 3.71. The van der Waals surface area contributed by atoms with Crippen LogP contribution in [-0.2, 0) is 0 Å². The summed E-state index contributed by atoms with van der Waals surface area (Å²) in [6, 6.07) is 5.76. The first kappa shape index (κ1) is 10.5. The molecule has 0 saturated heterocycles. The van der Waals surface area contributed by atoms with Gasteiger partial charge in [0, 0.05) is 23.5 Å². The van der Waals surface area contributed by atoms with Crippen LogP contribution in [0.5, 0.6) is 0 Å². The SMILES string of the molecule is Cc1ncc(-c2ccc(C)c(C=O)c2)cn1. The Kier molecular flexibility index (Phi) is 2.77. The summed E-state index contributed by atoms with van der Waals surface area (Å²) in [5, 5.41) is 0. The van der Waals surface area contributed by atoms with Gasteiger partial charge in [-0.1, -0.05) is 12.1 Å². The Hall–Kier alpha value is -2.03. The summed E-state index contributed by atoms with van der Waals surface area (Å²) in [7, 11) is 0. The van der Waals surface area contributed by atoms with Gasteiger partial charge in [-0.15, -0.1) is 0 Å². The summed E-state index contributed by atoms with van der Waals surface area (Å²) in [4.78, 5) is 19.1. The van der Waals surface area contributed by atoms with Crippen LogP contribution in [0.2, 0.25) is 0 Å². The van der Waals surface area contributed by atoms with Gasteiger partial charge in [-0.2, -0.15) is 0 Å². The minimum atomic E-state index is 0.707. The molecule has 0 aliphatic heterocycles. The third-order valence-corrected chi connectivity index (χ3v) is 2.52. The summed E-state index contributed by atoms with van der Waals surface area (Å²) < 4.78 is 0. The number of rotatable bonds is 2. The molecule has 16 heavy (non-hydrogen) atoms. The fourth-order valence-corrected chi connectivity index (χ4v) is 1.49. The Morgan fingerprint density at radius 2 is 1.75 bits per heavy atom. The van der Waals surface area contributed by atoms with Crippen molar-refractivity contribution in [1.82, 2.24) is 9.97 Å². The number of hydrogen-bond donors (Lipinski definition) is 0. The number of carbonyl (C=O) groups is 1. The lowest BCUT2D eigenvalue weighted by atomic mass is 10.0. The van der Waals surface area contributed by atoms with Crippen LogP contribution in [-0.4, -0.2) is 16.3 Å². The first-order valence-corrected chi connectivity index (χ1v) is 5.05. The molecule has 0 amide bonds. The highest BCUT2D eigenvalue weighted by Crippen LogP contribution is 2.20. The summed E-state index contributed by atoms with van der Waals surface area (Å²) >= 11 is 0. The molecule has 1 aromatic carbocycles. The van der Waals surface area contributed by atoms with E-state index >= 15 is 0 Å². The van der Waals surface area contributed by atoms with Crippen molar-refractivity contribution < 1.29 is 4.79 Å². The lowest BCUT2D eigenvalue weighted by Crippen LogP contribution is -1.90. The molecule has 3 heteroatoms. The fraction of sp³-hybridized carbons (Fsp3) is 0.154. The van der Waals surface area contributed by atoms with E-state index in [0.29, 0.717) is 5.56 Å². The maximum Gasteiger partial charge on any atom is 0.150 e. The topological polar surface area (TPSA) is 42.9 Å². The van der Waals surface area contributed by atoms with Crippen LogP contribution < -0.4 is 0 Å². The minimum absolute atomic E-state index is 0.707. The number of aromatic nitrogens is 2. The lowest BCUT2D eigenvalue weighted by Gasteiger charge is -2.04. The molecule has 0 radical (unpaired) electrons. The van der Waals surface area contributed by atoms with Gasteiger partial charge < -0.3 is 0 Å². The molecule has 0 N–H and O–H groups in total. The average Bonchev–Trinajstić information content (AvgIpc) is 2.31. The number of carbonyl (C=O) groups excluding carboxylic acids is 1. The molecule has 0 spiro atoms. The third kappa shape index (κ3) is 1.98. The van der Waals surface area contributed by atoms with Gasteiger partial charge in [-0.3, -0.25) is 4.79 Å². The van der Waals surface area contributed by atoms with Crippen molar-refractivity contribution in [3.05, 3.63) is 47.5 Å². The van der Waals surface area contributed by atoms with E-state index in [-0.39, 0.29) is 0 Å². The van der Waals surface area contributed by atoms with E-state index in [4.69, 9.17) is 0 Å². The highest BCUT2D eigenvalue weighted by molar-refractivity contribution is 5.80. The van der Waals surface area contributed by atoms with Crippen LogP contribution in [0, 0.1) is 13.8 Å². The van der Waals surface area contributed by atoms with Crippen molar-refractivity contribution in [3.63, 3.8) is 0 Å². The maximum absolute atomic E-state index is 10.8. The van der Waals surface area contributed by atoms with Crippen LogP contribution in [0.4, 0.5) is 0 Å². The van der Waals surface area contributed by atoms with Gasteiger partial charge in [-0.05, 0) is 31.0 Å². The second kappa shape index (κ2) is 4.23. The molecule has 3 nitrogen and oxygen atoms in total. The van der Waals surface area contributed by atoms with E-state index < -0.39 is 0 Å². The molecule has 0 unspecified atom stereocenters. The number of aryl methyl sites for hydroxylation is 2. The average molecular weight is 212 g/mol. The van der Waals surface area contributed by atoms with Gasteiger partial charge >= 0.3 is 0 Å². The maximum atomic E-state index is 10.8. The zero-order valence-electron chi connectivity index (χ0n) is 9.27. The van der Waals surface area contributed by atoms with Gasteiger partial charge in [0.15, 0.2) is 0 Å². The van der Waals surface area contributed by atoms with Gasteiger partial charge in [-0.25, -0.2) is 9.97 Å². The summed E-state index contributed by atoms with van der Waals surface area (Å²) in [6.07, 6.45) is 4.40. The molecular formula is C13H12N2O. The van der Waals surface area contributed by atoms with Crippen molar-refractivity contribution in [2.24, 2.45) is 0 Å². The molecule has 0 fully saturated rings. The summed E-state index contributed by atoms with van der Waals surface area (Å²) in [5.74, 6) is 0.742. The van der Waals surface area contributed by atoms with Gasteiger partial charge in [0.1, 0.15) is 12.1 Å². The molecule has 1 aromatic heterocycles. The van der Waals surface area contributed by atoms with Gasteiger partial charge in [0.25, 0.3) is 0 Å². The van der Waals surface area contributed by atoms with Crippen LogP contribution in [0.15, 0.2) is 30.6 Å². The van der Waals surface area contributed by atoms with Crippen molar-refractivity contribution in [1.29, 1.82) is 0 Å².